The Morgan fingerprint density at radius 1 is 0.875 bits per heavy atom. The van der Waals surface area contributed by atoms with Crippen LogP contribution in [0.4, 0.5) is 11.4 Å². The Bertz CT molecular complexity index is 795. The number of nitrogens with one attached hydrogen (secondary N) is 1. The van der Waals surface area contributed by atoms with Crippen molar-refractivity contribution in [2.45, 2.75) is 5.92 Å². The predicted octanol–water partition coefficient (Wildman–Crippen LogP) is 4.69. The van der Waals surface area contributed by atoms with Crippen LogP contribution in [-0.4, -0.2) is 5.91 Å². The molecule has 0 aliphatic heterocycles. The van der Waals surface area contributed by atoms with E-state index in [1.54, 1.807) is 18.2 Å². The molecule has 0 aromatic heterocycles. The van der Waals surface area contributed by atoms with E-state index in [0.29, 0.717) is 16.4 Å². The Hall–Kier alpha value is -2.78. The highest BCUT2D eigenvalue weighted by molar-refractivity contribution is 6.34. The Morgan fingerprint density at radius 2 is 1.42 bits per heavy atom. The van der Waals surface area contributed by atoms with Gasteiger partial charge in [-0.15, -0.1) is 0 Å². The number of carbonyl (C=O) groups excluding carboxylic acids is 1. The van der Waals surface area contributed by atoms with Gasteiger partial charge in [-0.05, 0) is 29.3 Å². The van der Waals surface area contributed by atoms with Crippen molar-refractivity contribution in [1.29, 1.82) is 0 Å². The molecule has 4 heteroatoms. The number of nitrogen functional groups attached to an aromatic ring is 1. The highest BCUT2D eigenvalue weighted by Crippen LogP contribution is 2.29. The van der Waals surface area contributed by atoms with E-state index >= 15 is 0 Å². The molecule has 1 amide bonds. The summed E-state index contributed by atoms with van der Waals surface area (Å²) in [6, 6.07) is 24.4. The van der Waals surface area contributed by atoms with Crippen LogP contribution in [0.2, 0.25) is 5.02 Å². The second-order valence-electron chi connectivity index (χ2n) is 5.48. The lowest BCUT2D eigenvalue weighted by Crippen LogP contribution is -2.22. The van der Waals surface area contributed by atoms with Gasteiger partial charge in [-0.1, -0.05) is 72.3 Å². The van der Waals surface area contributed by atoms with Gasteiger partial charge in [-0.2, -0.15) is 0 Å². The van der Waals surface area contributed by atoms with Crippen LogP contribution in [0.25, 0.3) is 0 Å². The monoisotopic (exact) mass is 336 g/mol. The molecule has 120 valence electrons. The Kier molecular flexibility index (Phi) is 4.82. The zero-order valence-electron chi connectivity index (χ0n) is 12.9. The molecule has 0 radical (unpaired) electrons. The summed E-state index contributed by atoms with van der Waals surface area (Å²) in [5, 5.41) is 3.33. The maximum absolute atomic E-state index is 12.9. The summed E-state index contributed by atoms with van der Waals surface area (Å²) >= 11 is 6.18. The SMILES string of the molecule is Nc1ccc(NC(=O)C(c2ccccc2)c2ccccc2)c(Cl)c1. The molecular formula is C20H17ClN2O. The van der Waals surface area contributed by atoms with Crippen LogP contribution in [0.15, 0.2) is 78.9 Å². The third-order valence-electron chi connectivity index (χ3n) is 3.78. The van der Waals surface area contributed by atoms with Gasteiger partial charge in [0.15, 0.2) is 0 Å². The summed E-state index contributed by atoms with van der Waals surface area (Å²) in [6.07, 6.45) is 0. The van der Waals surface area contributed by atoms with E-state index in [2.05, 4.69) is 5.32 Å². The number of amides is 1. The third-order valence-corrected chi connectivity index (χ3v) is 4.09. The second kappa shape index (κ2) is 7.20. The molecule has 0 unspecified atom stereocenters. The lowest BCUT2D eigenvalue weighted by molar-refractivity contribution is -0.116. The first-order chi connectivity index (χ1) is 11.6. The number of hydrogen-bond acceptors (Lipinski definition) is 2. The van der Waals surface area contributed by atoms with Gasteiger partial charge in [0.25, 0.3) is 0 Å². The summed E-state index contributed by atoms with van der Waals surface area (Å²) in [6.45, 7) is 0. The fourth-order valence-corrected chi connectivity index (χ4v) is 2.86. The number of halogens is 1. The highest BCUT2D eigenvalue weighted by atomic mass is 35.5. The standard InChI is InChI=1S/C20H17ClN2O/c21-17-13-16(22)11-12-18(17)23-20(24)19(14-7-3-1-4-8-14)15-9-5-2-6-10-15/h1-13,19H,22H2,(H,23,24). The summed E-state index contributed by atoms with van der Waals surface area (Å²) in [4.78, 5) is 12.9. The van der Waals surface area contributed by atoms with Crippen molar-refractivity contribution in [3.63, 3.8) is 0 Å². The van der Waals surface area contributed by atoms with Gasteiger partial charge >= 0.3 is 0 Å². The molecule has 0 aliphatic carbocycles. The number of rotatable bonds is 4. The Morgan fingerprint density at radius 3 is 1.92 bits per heavy atom. The summed E-state index contributed by atoms with van der Waals surface area (Å²) < 4.78 is 0. The van der Waals surface area contributed by atoms with Gasteiger partial charge in [-0.3, -0.25) is 4.79 Å². The summed E-state index contributed by atoms with van der Waals surface area (Å²) in [5.74, 6) is -0.555. The quantitative estimate of drug-likeness (QED) is 0.679. The molecule has 0 heterocycles. The van der Waals surface area contributed by atoms with E-state index in [-0.39, 0.29) is 5.91 Å². The first kappa shape index (κ1) is 16.1. The molecule has 0 saturated heterocycles. The highest BCUT2D eigenvalue weighted by Gasteiger charge is 2.23. The normalized spacial score (nSPS) is 10.6. The maximum Gasteiger partial charge on any atom is 0.236 e. The number of anilines is 2. The van der Waals surface area contributed by atoms with Crippen LogP contribution in [0.3, 0.4) is 0 Å². The van der Waals surface area contributed by atoms with E-state index in [0.717, 1.165) is 11.1 Å². The zero-order chi connectivity index (χ0) is 16.9. The van der Waals surface area contributed by atoms with Gasteiger partial charge < -0.3 is 11.1 Å². The summed E-state index contributed by atoms with van der Waals surface area (Å²) in [7, 11) is 0. The van der Waals surface area contributed by atoms with Crippen LogP contribution in [-0.2, 0) is 4.79 Å². The van der Waals surface area contributed by atoms with E-state index < -0.39 is 5.92 Å². The molecule has 3 aromatic rings. The van der Waals surface area contributed by atoms with Crippen molar-refractivity contribution in [3.05, 3.63) is 95.0 Å². The lowest BCUT2D eigenvalue weighted by atomic mass is 9.90. The molecule has 3 aromatic carbocycles. The minimum Gasteiger partial charge on any atom is -0.399 e. The van der Waals surface area contributed by atoms with Crippen molar-refractivity contribution in [3.8, 4) is 0 Å². The largest absolute Gasteiger partial charge is 0.399 e. The molecule has 3 rings (SSSR count). The molecule has 24 heavy (non-hydrogen) atoms. The van der Waals surface area contributed by atoms with Crippen LogP contribution >= 0.6 is 11.6 Å². The maximum atomic E-state index is 12.9. The zero-order valence-corrected chi connectivity index (χ0v) is 13.7. The van der Waals surface area contributed by atoms with Crippen LogP contribution in [0.1, 0.15) is 17.0 Å². The van der Waals surface area contributed by atoms with Crippen LogP contribution in [0.5, 0.6) is 0 Å². The van der Waals surface area contributed by atoms with Gasteiger partial charge in [0.2, 0.25) is 5.91 Å². The van der Waals surface area contributed by atoms with Gasteiger partial charge in [0.05, 0.1) is 16.6 Å². The fourth-order valence-electron chi connectivity index (χ4n) is 2.62. The van der Waals surface area contributed by atoms with Crippen LogP contribution in [0, 0.1) is 0 Å². The van der Waals surface area contributed by atoms with Crippen molar-refractivity contribution < 1.29 is 4.79 Å². The number of hydrogen-bond donors (Lipinski definition) is 2. The van der Waals surface area contributed by atoms with Crippen molar-refractivity contribution >= 4 is 28.9 Å². The first-order valence-electron chi connectivity index (χ1n) is 7.61. The van der Waals surface area contributed by atoms with Crippen molar-refractivity contribution in [2.24, 2.45) is 0 Å². The molecule has 0 spiro atoms. The molecule has 3 N–H and O–H groups in total. The fraction of sp³-hybridized carbons (Fsp3) is 0.0500. The van der Waals surface area contributed by atoms with Gasteiger partial charge in [-0.25, -0.2) is 0 Å². The first-order valence-corrected chi connectivity index (χ1v) is 7.99. The van der Waals surface area contributed by atoms with E-state index in [1.807, 2.05) is 60.7 Å². The molecule has 3 nitrogen and oxygen atoms in total. The second-order valence-corrected chi connectivity index (χ2v) is 5.89. The number of benzene rings is 3. The van der Waals surface area contributed by atoms with Gasteiger partial charge in [0, 0.05) is 5.69 Å². The number of nitrogens with two attached hydrogens (primary N) is 1. The average Bonchev–Trinajstić information content (AvgIpc) is 2.60. The topological polar surface area (TPSA) is 55.1 Å². The van der Waals surface area contributed by atoms with Crippen molar-refractivity contribution in [1.82, 2.24) is 0 Å². The average molecular weight is 337 g/mol. The molecule has 0 aliphatic rings. The number of carbonyl (C=O) groups is 1. The predicted molar refractivity (Wildman–Crippen MR) is 99.2 cm³/mol. The molecular weight excluding hydrogens is 320 g/mol. The van der Waals surface area contributed by atoms with Crippen molar-refractivity contribution in [2.75, 3.05) is 11.1 Å². The van der Waals surface area contributed by atoms with Crippen LogP contribution < -0.4 is 11.1 Å². The lowest BCUT2D eigenvalue weighted by Gasteiger charge is -2.18. The minimum absolute atomic E-state index is 0.140. The molecule has 0 atom stereocenters. The smallest absolute Gasteiger partial charge is 0.236 e. The Labute approximate surface area is 146 Å². The summed E-state index contributed by atoms with van der Waals surface area (Å²) in [5.41, 5.74) is 8.66. The van der Waals surface area contributed by atoms with E-state index in [1.165, 1.54) is 0 Å². The van der Waals surface area contributed by atoms with Gasteiger partial charge in [0.1, 0.15) is 0 Å². The molecule has 0 fully saturated rings. The minimum atomic E-state index is -0.416. The third kappa shape index (κ3) is 3.58. The van der Waals surface area contributed by atoms with E-state index in [4.69, 9.17) is 17.3 Å². The van der Waals surface area contributed by atoms with E-state index in [9.17, 15) is 4.79 Å². The molecule has 0 bridgehead atoms. The Balaban J connectivity index is 1.95. The molecule has 0 saturated carbocycles.